The fourth-order valence-electron chi connectivity index (χ4n) is 5.32. The number of rotatable bonds is 5. The van der Waals surface area contributed by atoms with Gasteiger partial charge in [-0.2, -0.15) is 8.78 Å². The lowest BCUT2D eigenvalue weighted by atomic mass is 9.70. The van der Waals surface area contributed by atoms with E-state index in [0.717, 1.165) is 25.7 Å². The molecule has 28 heavy (non-hydrogen) atoms. The van der Waals surface area contributed by atoms with Gasteiger partial charge in [-0.3, -0.25) is 4.74 Å². The number of hydrogen-bond acceptors (Lipinski definition) is 2. The second-order valence-corrected chi connectivity index (χ2v) is 8.74. The van der Waals surface area contributed by atoms with Crippen LogP contribution in [-0.2, 0) is 9.47 Å². The monoisotopic (exact) mass is 416 g/mol. The maximum atomic E-state index is 14.6. The lowest BCUT2D eigenvalue weighted by Gasteiger charge is -2.41. The highest BCUT2D eigenvalue weighted by atomic mass is 19.4. The van der Waals surface area contributed by atoms with Crippen molar-refractivity contribution in [2.75, 3.05) is 0 Å². The Kier molecular flexibility index (Phi) is 7.22. The van der Waals surface area contributed by atoms with Crippen molar-refractivity contribution in [3.63, 3.8) is 0 Å². The van der Waals surface area contributed by atoms with Crippen molar-refractivity contribution in [1.29, 1.82) is 0 Å². The molecule has 3 aliphatic carbocycles. The van der Waals surface area contributed by atoms with Crippen molar-refractivity contribution >= 4 is 0 Å². The number of halogens is 6. The molecule has 0 aliphatic heterocycles. The van der Waals surface area contributed by atoms with Crippen LogP contribution in [0.2, 0.25) is 0 Å². The van der Waals surface area contributed by atoms with E-state index in [-0.39, 0.29) is 44.4 Å². The summed E-state index contributed by atoms with van der Waals surface area (Å²) in [5, 5.41) is 0. The molecule has 2 nitrogen and oxygen atoms in total. The van der Waals surface area contributed by atoms with Gasteiger partial charge in [0.15, 0.2) is 0 Å². The highest BCUT2D eigenvalue weighted by Crippen LogP contribution is 2.47. The molecule has 0 N–H and O–H groups in total. The molecule has 0 amide bonds. The molecule has 3 aliphatic rings. The Hall–Kier alpha value is -0.500. The number of ether oxygens (including phenoxy) is 2. The van der Waals surface area contributed by atoms with Crippen LogP contribution in [0, 0.1) is 17.8 Å². The van der Waals surface area contributed by atoms with Gasteiger partial charge >= 0.3 is 12.5 Å². The Morgan fingerprint density at radius 3 is 1.71 bits per heavy atom. The maximum Gasteiger partial charge on any atom is 0.522 e. The normalized spacial score (nSPS) is 36.4. The zero-order chi connectivity index (χ0) is 20.4. The first-order valence-corrected chi connectivity index (χ1v) is 10.6. The topological polar surface area (TPSA) is 18.5 Å². The van der Waals surface area contributed by atoms with Gasteiger partial charge in [0.05, 0.1) is 18.1 Å². The molecule has 0 radical (unpaired) electrons. The summed E-state index contributed by atoms with van der Waals surface area (Å²) >= 11 is 0. The Bertz CT molecular complexity index is 484. The van der Waals surface area contributed by atoms with E-state index in [2.05, 4.69) is 4.74 Å². The number of hydrogen-bond donors (Lipinski definition) is 0. The van der Waals surface area contributed by atoms with Crippen LogP contribution in [0.3, 0.4) is 0 Å². The molecular formula is C20H30F6O2. The van der Waals surface area contributed by atoms with E-state index in [1.165, 1.54) is 6.42 Å². The zero-order valence-corrected chi connectivity index (χ0v) is 16.0. The first-order valence-electron chi connectivity index (χ1n) is 10.6. The molecule has 3 rings (SSSR count). The summed E-state index contributed by atoms with van der Waals surface area (Å²) in [6, 6.07) is 0. The van der Waals surface area contributed by atoms with Crippen LogP contribution in [0.4, 0.5) is 26.3 Å². The van der Waals surface area contributed by atoms with Crippen LogP contribution in [0.25, 0.3) is 0 Å². The Balaban J connectivity index is 1.47. The fraction of sp³-hybridized carbons (Fsp3) is 1.00. The summed E-state index contributed by atoms with van der Waals surface area (Å²) in [7, 11) is 0. The minimum atomic E-state index is -4.72. The SMILES string of the molecule is FC1CC(C2CCCCC2)CCC1C(F)(F)OC1CCC(OC(F)(F)F)CC1. The third-order valence-electron chi connectivity index (χ3n) is 6.81. The number of alkyl halides is 6. The van der Waals surface area contributed by atoms with E-state index in [0.29, 0.717) is 12.3 Å². The van der Waals surface area contributed by atoms with Crippen LogP contribution in [0.15, 0.2) is 0 Å². The van der Waals surface area contributed by atoms with Crippen molar-refractivity contribution < 1.29 is 35.8 Å². The van der Waals surface area contributed by atoms with Gasteiger partial charge in [0.25, 0.3) is 0 Å². The lowest BCUT2D eigenvalue weighted by molar-refractivity contribution is -0.351. The molecule has 3 atom stereocenters. The van der Waals surface area contributed by atoms with E-state index in [4.69, 9.17) is 4.74 Å². The van der Waals surface area contributed by atoms with E-state index >= 15 is 0 Å². The minimum Gasteiger partial charge on any atom is -0.317 e. The molecule has 3 fully saturated rings. The van der Waals surface area contributed by atoms with E-state index in [1.807, 2.05) is 0 Å². The Morgan fingerprint density at radius 1 is 0.607 bits per heavy atom. The second-order valence-electron chi connectivity index (χ2n) is 8.74. The molecule has 0 aromatic carbocycles. The van der Waals surface area contributed by atoms with Gasteiger partial charge in [0.1, 0.15) is 6.17 Å². The molecule has 164 valence electrons. The summed E-state index contributed by atoms with van der Waals surface area (Å²) in [5.74, 6) is -0.833. The maximum absolute atomic E-state index is 14.6. The van der Waals surface area contributed by atoms with Crippen molar-refractivity contribution in [2.45, 2.75) is 108 Å². The minimum absolute atomic E-state index is 0.00767. The van der Waals surface area contributed by atoms with Gasteiger partial charge in [-0.05, 0) is 56.8 Å². The second kappa shape index (κ2) is 9.11. The molecule has 0 bridgehead atoms. The molecule has 0 aromatic heterocycles. The van der Waals surface area contributed by atoms with Crippen molar-refractivity contribution in [2.24, 2.45) is 17.8 Å². The standard InChI is InChI=1S/C20H30F6O2/c21-18-12-14(13-4-2-1-3-5-13)6-11-17(18)19(22,23)27-15-7-9-16(10-8-15)28-20(24,25)26/h13-18H,1-12H2. The first-order chi connectivity index (χ1) is 13.1. The summed E-state index contributed by atoms with van der Waals surface area (Å²) in [4.78, 5) is 0. The smallest absolute Gasteiger partial charge is 0.317 e. The third-order valence-corrected chi connectivity index (χ3v) is 6.81. The van der Waals surface area contributed by atoms with E-state index in [1.54, 1.807) is 0 Å². The molecule has 3 saturated carbocycles. The van der Waals surface area contributed by atoms with Gasteiger partial charge in [-0.25, -0.2) is 4.39 Å². The van der Waals surface area contributed by atoms with Crippen molar-refractivity contribution in [1.82, 2.24) is 0 Å². The Morgan fingerprint density at radius 2 is 1.18 bits per heavy atom. The van der Waals surface area contributed by atoms with Gasteiger partial charge in [-0.1, -0.05) is 32.1 Å². The van der Waals surface area contributed by atoms with Gasteiger partial charge in [0, 0.05) is 0 Å². The lowest BCUT2D eigenvalue weighted by Crippen LogP contribution is -2.45. The largest absolute Gasteiger partial charge is 0.522 e. The molecule has 8 heteroatoms. The van der Waals surface area contributed by atoms with E-state index in [9.17, 15) is 26.3 Å². The molecular weight excluding hydrogens is 386 g/mol. The van der Waals surface area contributed by atoms with Crippen molar-refractivity contribution in [3.05, 3.63) is 0 Å². The summed E-state index contributed by atoms with van der Waals surface area (Å²) in [5.41, 5.74) is 0. The predicted molar refractivity (Wildman–Crippen MR) is 91.5 cm³/mol. The highest BCUT2D eigenvalue weighted by molar-refractivity contribution is 4.89. The average Bonchev–Trinajstić information content (AvgIpc) is 2.62. The fourth-order valence-corrected chi connectivity index (χ4v) is 5.32. The quantitative estimate of drug-likeness (QED) is 0.460. The highest BCUT2D eigenvalue weighted by Gasteiger charge is 2.51. The van der Waals surface area contributed by atoms with Gasteiger partial charge < -0.3 is 4.74 Å². The van der Waals surface area contributed by atoms with Crippen LogP contribution in [-0.4, -0.2) is 30.9 Å². The molecule has 0 heterocycles. The van der Waals surface area contributed by atoms with Crippen LogP contribution in [0.1, 0.15) is 77.0 Å². The van der Waals surface area contributed by atoms with Crippen molar-refractivity contribution in [3.8, 4) is 0 Å². The average molecular weight is 416 g/mol. The summed E-state index contributed by atoms with van der Waals surface area (Å²) in [6.45, 7) is 0. The molecule has 3 unspecified atom stereocenters. The summed E-state index contributed by atoms with van der Waals surface area (Å²) < 4.78 is 89.5. The third kappa shape index (κ3) is 6.00. The zero-order valence-electron chi connectivity index (χ0n) is 16.0. The van der Waals surface area contributed by atoms with Crippen LogP contribution < -0.4 is 0 Å². The van der Waals surface area contributed by atoms with Gasteiger partial charge in [-0.15, -0.1) is 13.2 Å². The molecule has 0 aromatic rings. The predicted octanol–water partition coefficient (Wildman–Crippen LogP) is 6.78. The Labute approximate surface area is 162 Å². The summed E-state index contributed by atoms with van der Waals surface area (Å²) in [6.07, 6.45) is -5.16. The van der Waals surface area contributed by atoms with E-state index < -0.39 is 36.8 Å². The van der Waals surface area contributed by atoms with Crippen LogP contribution in [0.5, 0.6) is 0 Å². The van der Waals surface area contributed by atoms with Gasteiger partial charge in [0.2, 0.25) is 0 Å². The first kappa shape index (κ1) is 22.2. The molecule has 0 saturated heterocycles. The molecule has 0 spiro atoms. The van der Waals surface area contributed by atoms with Crippen LogP contribution >= 0.6 is 0 Å².